The van der Waals surface area contributed by atoms with Gasteiger partial charge in [0.15, 0.2) is 5.82 Å². The van der Waals surface area contributed by atoms with Gasteiger partial charge in [0, 0.05) is 22.0 Å². The normalized spacial score (nSPS) is 12.7. The molecular weight excluding hydrogens is 318 g/mol. The Morgan fingerprint density at radius 1 is 1.50 bits per heavy atom. The van der Waals surface area contributed by atoms with Gasteiger partial charge >= 0.3 is 0 Å². The van der Waals surface area contributed by atoms with E-state index in [2.05, 4.69) is 38.3 Å². The van der Waals surface area contributed by atoms with E-state index in [1.165, 1.54) is 0 Å². The van der Waals surface area contributed by atoms with Crippen molar-refractivity contribution in [3.8, 4) is 11.5 Å². The van der Waals surface area contributed by atoms with E-state index in [1.807, 2.05) is 13.1 Å². The topological polar surface area (TPSA) is 51.0 Å². The van der Waals surface area contributed by atoms with Gasteiger partial charge in [-0.1, -0.05) is 16.8 Å². The lowest BCUT2D eigenvalue weighted by Gasteiger charge is -2.04. The van der Waals surface area contributed by atoms with Crippen molar-refractivity contribution in [2.75, 3.05) is 7.05 Å². The minimum Gasteiger partial charge on any atom is -0.334 e. The Kier molecular flexibility index (Phi) is 4.37. The van der Waals surface area contributed by atoms with E-state index in [4.69, 9.17) is 16.1 Å². The zero-order chi connectivity index (χ0) is 13.1. The van der Waals surface area contributed by atoms with Crippen molar-refractivity contribution < 1.29 is 4.52 Å². The monoisotopic (exact) mass is 329 g/mol. The molecule has 0 bridgehead atoms. The van der Waals surface area contributed by atoms with Crippen molar-refractivity contribution in [2.45, 2.75) is 19.4 Å². The highest BCUT2D eigenvalue weighted by molar-refractivity contribution is 9.10. The van der Waals surface area contributed by atoms with Gasteiger partial charge in [0.2, 0.25) is 0 Å². The van der Waals surface area contributed by atoms with Crippen molar-refractivity contribution >= 4 is 27.5 Å². The first kappa shape index (κ1) is 13.5. The summed E-state index contributed by atoms with van der Waals surface area (Å²) in [6, 6.07) is 5.76. The average molecular weight is 331 g/mol. The van der Waals surface area contributed by atoms with E-state index < -0.39 is 0 Å². The Bertz CT molecular complexity index is 544. The van der Waals surface area contributed by atoms with Crippen molar-refractivity contribution in [1.82, 2.24) is 15.5 Å². The lowest BCUT2D eigenvalue weighted by Crippen LogP contribution is -2.24. The molecule has 1 unspecified atom stereocenters. The van der Waals surface area contributed by atoms with Crippen molar-refractivity contribution in [3.05, 3.63) is 33.5 Å². The van der Waals surface area contributed by atoms with Gasteiger partial charge in [-0.15, -0.1) is 0 Å². The summed E-state index contributed by atoms with van der Waals surface area (Å²) in [5.41, 5.74) is 0.804. The van der Waals surface area contributed by atoms with Crippen LogP contribution in [-0.4, -0.2) is 23.2 Å². The van der Waals surface area contributed by atoms with E-state index in [-0.39, 0.29) is 0 Å². The average Bonchev–Trinajstić information content (AvgIpc) is 2.80. The summed E-state index contributed by atoms with van der Waals surface area (Å²) in [6.45, 7) is 2.06. The van der Waals surface area contributed by atoms with Gasteiger partial charge in [-0.2, -0.15) is 4.98 Å². The van der Waals surface area contributed by atoms with E-state index in [0.717, 1.165) is 16.5 Å². The third kappa shape index (κ3) is 3.10. The lowest BCUT2D eigenvalue weighted by molar-refractivity contribution is 0.418. The van der Waals surface area contributed by atoms with Crippen molar-refractivity contribution in [1.29, 1.82) is 0 Å². The number of hydrogen-bond acceptors (Lipinski definition) is 4. The number of likely N-dealkylation sites (N-methyl/N-ethyl adjacent to an activating group) is 1. The predicted molar refractivity (Wildman–Crippen MR) is 74.7 cm³/mol. The zero-order valence-corrected chi connectivity index (χ0v) is 12.4. The van der Waals surface area contributed by atoms with Crippen LogP contribution in [0.25, 0.3) is 11.5 Å². The second-order valence-electron chi connectivity index (χ2n) is 4.03. The highest BCUT2D eigenvalue weighted by atomic mass is 79.9. The van der Waals surface area contributed by atoms with Crippen molar-refractivity contribution in [3.63, 3.8) is 0 Å². The molecule has 4 nitrogen and oxygen atoms in total. The first-order valence-corrected chi connectivity index (χ1v) is 6.72. The molecule has 0 fully saturated rings. The lowest BCUT2D eigenvalue weighted by atomic mass is 10.2. The van der Waals surface area contributed by atoms with Gasteiger partial charge in [0.05, 0.1) is 5.56 Å². The minimum absolute atomic E-state index is 0.304. The van der Waals surface area contributed by atoms with Gasteiger partial charge in [-0.05, 0) is 48.1 Å². The number of nitrogens with zero attached hydrogens (tertiary/aromatic N) is 2. The molecule has 0 radical (unpaired) electrons. The summed E-state index contributed by atoms with van der Waals surface area (Å²) in [6.07, 6.45) is 0.720. The third-order valence-electron chi connectivity index (χ3n) is 2.61. The number of hydrogen-bond donors (Lipinski definition) is 1. The number of halogens is 2. The second kappa shape index (κ2) is 5.82. The number of nitrogens with one attached hydrogen (secondary N) is 1. The van der Waals surface area contributed by atoms with Crippen LogP contribution in [0.5, 0.6) is 0 Å². The van der Waals surface area contributed by atoms with Crippen LogP contribution < -0.4 is 5.32 Å². The summed E-state index contributed by atoms with van der Waals surface area (Å²) >= 11 is 9.40. The molecule has 0 saturated heterocycles. The largest absolute Gasteiger partial charge is 0.334 e. The maximum Gasteiger partial charge on any atom is 0.259 e. The van der Waals surface area contributed by atoms with Gasteiger partial charge in [0.25, 0.3) is 5.89 Å². The summed E-state index contributed by atoms with van der Waals surface area (Å²) < 4.78 is 6.13. The van der Waals surface area contributed by atoms with E-state index in [1.54, 1.807) is 12.1 Å². The molecule has 0 amide bonds. The van der Waals surface area contributed by atoms with Gasteiger partial charge in [-0.25, -0.2) is 0 Å². The van der Waals surface area contributed by atoms with Crippen LogP contribution in [0.1, 0.15) is 12.7 Å². The highest BCUT2D eigenvalue weighted by Gasteiger charge is 2.13. The summed E-state index contributed by atoms with van der Waals surface area (Å²) in [4.78, 5) is 4.36. The summed E-state index contributed by atoms with van der Waals surface area (Å²) in [5, 5.41) is 7.73. The van der Waals surface area contributed by atoms with Crippen LogP contribution in [-0.2, 0) is 6.42 Å². The SMILES string of the molecule is CNC(C)Cc1noc(-c2cc(Cl)ccc2Br)n1. The number of aromatic nitrogens is 2. The molecule has 2 aromatic rings. The molecule has 1 heterocycles. The summed E-state index contributed by atoms with van der Waals surface area (Å²) in [7, 11) is 1.90. The molecule has 0 aliphatic heterocycles. The minimum atomic E-state index is 0.304. The maximum absolute atomic E-state index is 5.96. The first-order valence-electron chi connectivity index (χ1n) is 5.55. The van der Waals surface area contributed by atoms with Crippen molar-refractivity contribution in [2.24, 2.45) is 0 Å². The molecule has 0 aliphatic rings. The van der Waals surface area contributed by atoms with Crippen LogP contribution in [0.4, 0.5) is 0 Å². The molecule has 0 spiro atoms. The Balaban J connectivity index is 2.26. The van der Waals surface area contributed by atoms with Crippen LogP contribution in [0.3, 0.4) is 0 Å². The fourth-order valence-corrected chi connectivity index (χ4v) is 2.07. The Morgan fingerprint density at radius 3 is 3.00 bits per heavy atom. The Hall–Kier alpha value is -0.910. The molecule has 1 aromatic heterocycles. The fraction of sp³-hybridized carbons (Fsp3) is 0.333. The quantitative estimate of drug-likeness (QED) is 0.934. The fourth-order valence-electron chi connectivity index (χ4n) is 1.48. The summed E-state index contributed by atoms with van der Waals surface area (Å²) in [5.74, 6) is 1.15. The zero-order valence-electron chi connectivity index (χ0n) is 10.1. The molecule has 1 N–H and O–H groups in total. The second-order valence-corrected chi connectivity index (χ2v) is 5.32. The van der Waals surface area contributed by atoms with E-state index in [0.29, 0.717) is 22.8 Å². The molecule has 1 atom stereocenters. The highest BCUT2D eigenvalue weighted by Crippen LogP contribution is 2.29. The van der Waals surface area contributed by atoms with Crippen LogP contribution in [0, 0.1) is 0 Å². The molecule has 6 heteroatoms. The standard InChI is InChI=1S/C12H13BrClN3O/c1-7(15-2)5-11-16-12(18-17-11)9-6-8(14)3-4-10(9)13/h3-4,6-7,15H,5H2,1-2H3. The van der Waals surface area contributed by atoms with Crippen LogP contribution in [0.2, 0.25) is 5.02 Å². The van der Waals surface area contributed by atoms with Crippen LogP contribution >= 0.6 is 27.5 Å². The molecular formula is C12H13BrClN3O. The van der Waals surface area contributed by atoms with Gasteiger partial charge < -0.3 is 9.84 Å². The Labute approximate surface area is 119 Å². The third-order valence-corrected chi connectivity index (χ3v) is 3.54. The predicted octanol–water partition coefficient (Wildman–Crippen LogP) is 3.30. The van der Waals surface area contributed by atoms with Crippen LogP contribution in [0.15, 0.2) is 27.2 Å². The molecule has 0 saturated carbocycles. The number of benzene rings is 1. The molecule has 0 aliphatic carbocycles. The maximum atomic E-state index is 5.96. The van der Waals surface area contributed by atoms with Gasteiger partial charge in [0.1, 0.15) is 0 Å². The molecule has 18 heavy (non-hydrogen) atoms. The smallest absolute Gasteiger partial charge is 0.259 e. The molecule has 2 rings (SSSR count). The molecule has 1 aromatic carbocycles. The number of rotatable bonds is 4. The van der Waals surface area contributed by atoms with E-state index in [9.17, 15) is 0 Å². The Morgan fingerprint density at radius 2 is 2.28 bits per heavy atom. The molecule has 96 valence electrons. The first-order chi connectivity index (χ1) is 8.60. The van der Waals surface area contributed by atoms with E-state index >= 15 is 0 Å². The van der Waals surface area contributed by atoms with Gasteiger partial charge in [-0.3, -0.25) is 0 Å².